The second-order valence-electron chi connectivity index (χ2n) is 4.59. The Balaban J connectivity index is 2.57. The van der Waals surface area contributed by atoms with Crippen molar-refractivity contribution in [2.75, 3.05) is 7.11 Å². The molecule has 3 heteroatoms. The highest BCUT2D eigenvalue weighted by molar-refractivity contribution is 5.91. The largest absolute Gasteiger partial charge is 0.500 e. The third kappa shape index (κ3) is 1.66. The SMILES string of the molecule is COC1=CC=C(C=O)[C@@H]2C=CCCC(=O)[C@]12C. The van der Waals surface area contributed by atoms with Crippen LogP contribution in [-0.4, -0.2) is 19.2 Å². The van der Waals surface area contributed by atoms with E-state index in [1.165, 1.54) is 0 Å². The van der Waals surface area contributed by atoms with Gasteiger partial charge in [0.25, 0.3) is 0 Å². The lowest BCUT2D eigenvalue weighted by molar-refractivity contribution is -0.129. The Bertz CT molecular complexity index is 442. The molecule has 2 atom stereocenters. The zero-order valence-corrected chi connectivity index (χ0v) is 10.1. The quantitative estimate of drug-likeness (QED) is 0.541. The zero-order valence-electron chi connectivity index (χ0n) is 10.1. The number of allylic oxidation sites excluding steroid dienone is 6. The van der Waals surface area contributed by atoms with E-state index in [0.717, 1.165) is 12.7 Å². The van der Waals surface area contributed by atoms with Gasteiger partial charge in [0.05, 0.1) is 12.5 Å². The molecule has 0 N–H and O–H groups in total. The van der Waals surface area contributed by atoms with Crippen molar-refractivity contribution in [1.29, 1.82) is 0 Å². The van der Waals surface area contributed by atoms with Gasteiger partial charge < -0.3 is 4.74 Å². The molecule has 2 aliphatic carbocycles. The Morgan fingerprint density at radius 2 is 2.24 bits per heavy atom. The molecule has 0 heterocycles. The van der Waals surface area contributed by atoms with Crippen LogP contribution in [0, 0.1) is 11.3 Å². The van der Waals surface area contributed by atoms with E-state index in [9.17, 15) is 9.59 Å². The molecule has 2 rings (SSSR count). The van der Waals surface area contributed by atoms with E-state index < -0.39 is 5.41 Å². The first-order chi connectivity index (χ1) is 8.14. The normalized spacial score (nSPS) is 32.1. The predicted octanol–water partition coefficient (Wildman–Crippen LogP) is 2.20. The van der Waals surface area contributed by atoms with Gasteiger partial charge in [-0.3, -0.25) is 9.59 Å². The molecular weight excluding hydrogens is 216 g/mol. The lowest BCUT2D eigenvalue weighted by Gasteiger charge is -2.37. The summed E-state index contributed by atoms with van der Waals surface area (Å²) in [4.78, 5) is 23.4. The van der Waals surface area contributed by atoms with E-state index in [4.69, 9.17) is 4.74 Å². The number of Topliss-reactive ketones (excluding diaryl/α,β-unsaturated/α-hetero) is 1. The van der Waals surface area contributed by atoms with Gasteiger partial charge in [0.2, 0.25) is 0 Å². The van der Waals surface area contributed by atoms with Crippen LogP contribution in [0.1, 0.15) is 19.8 Å². The van der Waals surface area contributed by atoms with Crippen LogP contribution in [0.15, 0.2) is 35.6 Å². The molecule has 0 aromatic heterocycles. The molecule has 0 spiro atoms. The molecule has 90 valence electrons. The van der Waals surface area contributed by atoms with Crippen molar-refractivity contribution in [2.24, 2.45) is 11.3 Å². The molecule has 0 bridgehead atoms. The van der Waals surface area contributed by atoms with Gasteiger partial charge in [-0.2, -0.15) is 0 Å². The number of ether oxygens (including phenoxy) is 1. The van der Waals surface area contributed by atoms with Crippen molar-refractivity contribution < 1.29 is 14.3 Å². The van der Waals surface area contributed by atoms with Crippen molar-refractivity contribution in [3.63, 3.8) is 0 Å². The van der Waals surface area contributed by atoms with Crippen LogP contribution in [-0.2, 0) is 14.3 Å². The highest BCUT2D eigenvalue weighted by Gasteiger charge is 2.47. The summed E-state index contributed by atoms with van der Waals surface area (Å²) in [6.45, 7) is 1.86. The Hall–Kier alpha value is -1.64. The molecule has 0 aromatic rings. The molecule has 0 unspecified atom stereocenters. The first-order valence-corrected chi connectivity index (χ1v) is 5.76. The van der Waals surface area contributed by atoms with Crippen molar-refractivity contribution in [1.82, 2.24) is 0 Å². The summed E-state index contributed by atoms with van der Waals surface area (Å²) in [6.07, 6.45) is 9.46. The summed E-state index contributed by atoms with van der Waals surface area (Å²) in [6, 6.07) is 0. The maximum Gasteiger partial charge on any atom is 0.147 e. The van der Waals surface area contributed by atoms with E-state index >= 15 is 0 Å². The zero-order chi connectivity index (χ0) is 12.5. The van der Waals surface area contributed by atoms with Crippen molar-refractivity contribution in [3.8, 4) is 0 Å². The molecule has 2 aliphatic rings. The molecule has 0 saturated heterocycles. The predicted molar refractivity (Wildman–Crippen MR) is 64.2 cm³/mol. The first-order valence-electron chi connectivity index (χ1n) is 5.76. The minimum atomic E-state index is -0.729. The topological polar surface area (TPSA) is 43.4 Å². The average Bonchev–Trinajstić information content (AvgIpc) is 2.49. The maximum absolute atomic E-state index is 12.3. The van der Waals surface area contributed by atoms with Gasteiger partial charge >= 0.3 is 0 Å². The standard InChI is InChI=1S/C14H16O3/c1-14-11(5-3-4-6-12(14)16)10(9-15)7-8-13(14)17-2/h3,5,7-9,11H,4,6H2,1-2H3/t11-,14+/m0/s1. The Morgan fingerprint density at radius 1 is 1.47 bits per heavy atom. The van der Waals surface area contributed by atoms with Gasteiger partial charge in [0.15, 0.2) is 0 Å². The smallest absolute Gasteiger partial charge is 0.147 e. The molecule has 0 radical (unpaired) electrons. The minimum absolute atomic E-state index is 0.132. The van der Waals surface area contributed by atoms with Crippen LogP contribution in [0.3, 0.4) is 0 Å². The lowest BCUT2D eigenvalue weighted by atomic mass is 9.67. The van der Waals surface area contributed by atoms with E-state index in [1.807, 2.05) is 19.1 Å². The van der Waals surface area contributed by atoms with Gasteiger partial charge in [-0.1, -0.05) is 18.2 Å². The van der Waals surface area contributed by atoms with Crippen LogP contribution in [0.4, 0.5) is 0 Å². The van der Waals surface area contributed by atoms with E-state index in [1.54, 1.807) is 19.3 Å². The van der Waals surface area contributed by atoms with Crippen LogP contribution in [0.2, 0.25) is 0 Å². The fourth-order valence-corrected chi connectivity index (χ4v) is 2.65. The highest BCUT2D eigenvalue weighted by atomic mass is 16.5. The second-order valence-corrected chi connectivity index (χ2v) is 4.59. The van der Waals surface area contributed by atoms with Gasteiger partial charge in [0.1, 0.15) is 17.8 Å². The summed E-state index contributed by atoms with van der Waals surface area (Å²) in [7, 11) is 1.57. The molecule has 3 nitrogen and oxygen atoms in total. The Morgan fingerprint density at radius 3 is 2.88 bits per heavy atom. The molecular formula is C14H16O3. The lowest BCUT2D eigenvalue weighted by Crippen LogP contribution is -2.39. The summed E-state index contributed by atoms with van der Waals surface area (Å²) in [5, 5.41) is 0. The molecule has 0 aliphatic heterocycles. The fourth-order valence-electron chi connectivity index (χ4n) is 2.65. The number of carbonyl (C=O) groups is 2. The van der Waals surface area contributed by atoms with Gasteiger partial charge in [-0.15, -0.1) is 0 Å². The Kier molecular flexibility index (Phi) is 3.01. The maximum atomic E-state index is 12.3. The van der Waals surface area contributed by atoms with Crippen LogP contribution < -0.4 is 0 Å². The summed E-state index contributed by atoms with van der Waals surface area (Å²) in [5.74, 6) is 0.577. The number of hydrogen-bond acceptors (Lipinski definition) is 3. The number of hydrogen-bond donors (Lipinski definition) is 0. The van der Waals surface area contributed by atoms with Crippen molar-refractivity contribution in [3.05, 3.63) is 35.6 Å². The van der Waals surface area contributed by atoms with Crippen LogP contribution in [0.25, 0.3) is 0 Å². The molecule has 0 aromatic carbocycles. The number of fused-ring (bicyclic) bond motifs is 1. The first kappa shape index (κ1) is 11.8. The third-order valence-electron chi connectivity index (χ3n) is 3.72. The number of ketones is 1. The van der Waals surface area contributed by atoms with Crippen molar-refractivity contribution >= 4 is 12.1 Å². The molecule has 0 fully saturated rings. The number of aldehydes is 1. The summed E-state index contributed by atoms with van der Waals surface area (Å²) >= 11 is 0. The number of methoxy groups -OCH3 is 1. The van der Waals surface area contributed by atoms with Gasteiger partial charge in [0, 0.05) is 17.9 Å². The van der Waals surface area contributed by atoms with E-state index in [2.05, 4.69) is 0 Å². The average molecular weight is 232 g/mol. The summed E-state index contributed by atoms with van der Waals surface area (Å²) < 4.78 is 5.33. The molecule has 17 heavy (non-hydrogen) atoms. The molecule has 0 saturated carbocycles. The van der Waals surface area contributed by atoms with Crippen LogP contribution in [0.5, 0.6) is 0 Å². The van der Waals surface area contributed by atoms with Crippen LogP contribution >= 0.6 is 0 Å². The fraction of sp³-hybridized carbons (Fsp3) is 0.429. The second kappa shape index (κ2) is 4.32. The van der Waals surface area contributed by atoms with E-state index in [0.29, 0.717) is 17.8 Å². The monoisotopic (exact) mass is 232 g/mol. The summed E-state index contributed by atoms with van der Waals surface area (Å²) in [5.41, 5.74) is -0.0907. The third-order valence-corrected chi connectivity index (χ3v) is 3.72. The molecule has 0 amide bonds. The van der Waals surface area contributed by atoms with Gasteiger partial charge in [-0.25, -0.2) is 0 Å². The minimum Gasteiger partial charge on any atom is -0.500 e. The van der Waals surface area contributed by atoms with Crippen molar-refractivity contribution in [2.45, 2.75) is 19.8 Å². The van der Waals surface area contributed by atoms with E-state index in [-0.39, 0.29) is 11.7 Å². The number of carbonyl (C=O) groups excluding carboxylic acids is 2. The highest BCUT2D eigenvalue weighted by Crippen LogP contribution is 2.46. The number of rotatable bonds is 2. The Labute approximate surface area is 101 Å². The van der Waals surface area contributed by atoms with Gasteiger partial charge in [-0.05, 0) is 19.4 Å².